The van der Waals surface area contributed by atoms with Crippen molar-refractivity contribution in [2.75, 3.05) is 30.8 Å². The Bertz CT molecular complexity index is 870. The quantitative estimate of drug-likeness (QED) is 0.708. The lowest BCUT2D eigenvalue weighted by molar-refractivity contribution is -0.120. The third-order valence-electron chi connectivity index (χ3n) is 3.93. The molecule has 8 heteroatoms. The van der Waals surface area contributed by atoms with Gasteiger partial charge in [0.05, 0.1) is 19.1 Å². The zero-order valence-electron chi connectivity index (χ0n) is 15.3. The van der Waals surface area contributed by atoms with Crippen LogP contribution in [0.5, 0.6) is 5.75 Å². The number of hydrogen-bond donors (Lipinski definition) is 1. The molecule has 0 heterocycles. The fourth-order valence-corrected chi connectivity index (χ4v) is 3.49. The smallest absolute Gasteiger partial charge is 0.232 e. The second kappa shape index (κ2) is 9.36. The van der Waals surface area contributed by atoms with Crippen LogP contribution in [0.2, 0.25) is 0 Å². The molecule has 0 aliphatic rings. The number of sulfonamides is 1. The standard InChI is InChI=1S/C19H23FN2O4S/c1-26-18-5-3-4-15(14-18)10-12-21-19(23)11-13-22(27(2,24)25)17-8-6-16(20)7-9-17/h3-9,14H,10-13H2,1-2H3,(H,21,23). The Hall–Kier alpha value is -2.61. The summed E-state index contributed by atoms with van der Waals surface area (Å²) in [5, 5.41) is 2.77. The van der Waals surface area contributed by atoms with Crippen LogP contribution in [0.3, 0.4) is 0 Å². The molecule has 0 atom stereocenters. The van der Waals surface area contributed by atoms with Crippen LogP contribution in [0.1, 0.15) is 12.0 Å². The lowest BCUT2D eigenvalue weighted by atomic mass is 10.1. The molecule has 0 aromatic heterocycles. The van der Waals surface area contributed by atoms with Gasteiger partial charge in [-0.15, -0.1) is 0 Å². The molecule has 0 radical (unpaired) electrons. The van der Waals surface area contributed by atoms with E-state index in [2.05, 4.69) is 5.32 Å². The van der Waals surface area contributed by atoms with Gasteiger partial charge in [-0.3, -0.25) is 9.10 Å². The zero-order chi connectivity index (χ0) is 19.9. The molecule has 1 amide bonds. The van der Waals surface area contributed by atoms with E-state index in [-0.39, 0.29) is 18.9 Å². The number of nitrogens with one attached hydrogen (secondary N) is 1. The lowest BCUT2D eigenvalue weighted by Gasteiger charge is -2.22. The number of hydrogen-bond acceptors (Lipinski definition) is 4. The Kier molecular flexibility index (Phi) is 7.18. The average Bonchev–Trinajstić information content (AvgIpc) is 2.62. The Labute approximate surface area is 159 Å². The van der Waals surface area contributed by atoms with E-state index in [0.29, 0.717) is 18.7 Å². The molecule has 0 saturated heterocycles. The molecule has 0 unspecified atom stereocenters. The van der Waals surface area contributed by atoms with Gasteiger partial charge in [-0.1, -0.05) is 12.1 Å². The van der Waals surface area contributed by atoms with Crippen LogP contribution in [0.4, 0.5) is 10.1 Å². The van der Waals surface area contributed by atoms with Crippen molar-refractivity contribution in [2.24, 2.45) is 0 Å². The normalized spacial score (nSPS) is 11.1. The molecule has 1 N–H and O–H groups in total. The molecule has 2 aromatic carbocycles. The highest BCUT2D eigenvalue weighted by Crippen LogP contribution is 2.18. The summed E-state index contributed by atoms with van der Waals surface area (Å²) in [5.74, 6) is 0.0399. The summed E-state index contributed by atoms with van der Waals surface area (Å²) in [6, 6.07) is 12.7. The van der Waals surface area contributed by atoms with Crippen molar-refractivity contribution in [3.05, 3.63) is 59.9 Å². The van der Waals surface area contributed by atoms with Gasteiger partial charge < -0.3 is 10.1 Å². The number of amides is 1. The van der Waals surface area contributed by atoms with Crippen molar-refractivity contribution in [3.8, 4) is 5.75 Å². The topological polar surface area (TPSA) is 75.7 Å². The summed E-state index contributed by atoms with van der Waals surface area (Å²) < 4.78 is 43.2. The van der Waals surface area contributed by atoms with Gasteiger partial charge >= 0.3 is 0 Å². The zero-order valence-corrected chi connectivity index (χ0v) is 16.1. The second-order valence-corrected chi connectivity index (χ2v) is 7.92. The summed E-state index contributed by atoms with van der Waals surface area (Å²) in [6.07, 6.45) is 1.69. The van der Waals surface area contributed by atoms with E-state index in [1.54, 1.807) is 7.11 Å². The maximum atomic E-state index is 13.0. The highest BCUT2D eigenvalue weighted by Gasteiger charge is 2.18. The molecule has 0 aliphatic heterocycles. The maximum absolute atomic E-state index is 13.0. The molecule has 146 valence electrons. The molecule has 0 fully saturated rings. The number of carbonyl (C=O) groups excluding carboxylic acids is 1. The van der Waals surface area contributed by atoms with E-state index in [4.69, 9.17) is 4.74 Å². The molecule has 0 bridgehead atoms. The van der Waals surface area contributed by atoms with E-state index in [1.165, 1.54) is 24.3 Å². The molecule has 0 saturated carbocycles. The van der Waals surface area contributed by atoms with Gasteiger partial charge in [-0.05, 0) is 48.4 Å². The van der Waals surface area contributed by atoms with Gasteiger partial charge in [-0.25, -0.2) is 12.8 Å². The van der Waals surface area contributed by atoms with Crippen LogP contribution in [0.15, 0.2) is 48.5 Å². The van der Waals surface area contributed by atoms with E-state index in [1.807, 2.05) is 24.3 Å². The molecule has 2 rings (SSSR count). The fraction of sp³-hybridized carbons (Fsp3) is 0.316. The van der Waals surface area contributed by atoms with E-state index in [0.717, 1.165) is 21.9 Å². The van der Waals surface area contributed by atoms with Gasteiger partial charge in [0, 0.05) is 19.5 Å². The average molecular weight is 394 g/mol. The predicted octanol–water partition coefficient (Wildman–Crippen LogP) is 2.35. The number of halogens is 1. The summed E-state index contributed by atoms with van der Waals surface area (Å²) >= 11 is 0. The van der Waals surface area contributed by atoms with Crippen LogP contribution in [-0.4, -0.2) is 40.8 Å². The van der Waals surface area contributed by atoms with E-state index in [9.17, 15) is 17.6 Å². The first-order valence-electron chi connectivity index (χ1n) is 8.42. The Balaban J connectivity index is 1.87. The molecule has 6 nitrogen and oxygen atoms in total. The van der Waals surface area contributed by atoms with Gasteiger partial charge in [0.1, 0.15) is 11.6 Å². The third kappa shape index (κ3) is 6.56. The van der Waals surface area contributed by atoms with Crippen molar-refractivity contribution < 1.29 is 22.3 Å². The minimum absolute atomic E-state index is 0.00254. The minimum Gasteiger partial charge on any atom is -0.497 e. The van der Waals surface area contributed by atoms with Crippen LogP contribution in [0.25, 0.3) is 0 Å². The molecule has 27 heavy (non-hydrogen) atoms. The molecule has 0 spiro atoms. The van der Waals surface area contributed by atoms with Crippen LogP contribution in [0, 0.1) is 5.82 Å². The molecular weight excluding hydrogens is 371 g/mol. The Morgan fingerprint density at radius 3 is 2.52 bits per heavy atom. The first-order valence-corrected chi connectivity index (χ1v) is 10.3. The number of anilines is 1. The number of nitrogens with zero attached hydrogens (tertiary/aromatic N) is 1. The van der Waals surface area contributed by atoms with E-state index >= 15 is 0 Å². The van der Waals surface area contributed by atoms with Crippen molar-refractivity contribution >= 4 is 21.6 Å². The Morgan fingerprint density at radius 2 is 1.89 bits per heavy atom. The highest BCUT2D eigenvalue weighted by atomic mass is 32.2. The van der Waals surface area contributed by atoms with Crippen molar-refractivity contribution in [1.82, 2.24) is 5.32 Å². The summed E-state index contributed by atoms with van der Waals surface area (Å²) in [5.41, 5.74) is 1.35. The first kappa shape index (κ1) is 20.7. The third-order valence-corrected chi connectivity index (χ3v) is 5.12. The Morgan fingerprint density at radius 1 is 1.19 bits per heavy atom. The van der Waals surface area contributed by atoms with Gasteiger partial charge in [0.2, 0.25) is 15.9 Å². The van der Waals surface area contributed by atoms with Crippen molar-refractivity contribution in [3.63, 3.8) is 0 Å². The molecule has 0 aliphatic carbocycles. The van der Waals surface area contributed by atoms with Gasteiger partial charge in [0.25, 0.3) is 0 Å². The van der Waals surface area contributed by atoms with E-state index < -0.39 is 15.8 Å². The SMILES string of the molecule is COc1cccc(CCNC(=O)CCN(c2ccc(F)cc2)S(C)(=O)=O)c1. The fourth-order valence-electron chi connectivity index (χ4n) is 2.56. The van der Waals surface area contributed by atoms with Crippen LogP contribution >= 0.6 is 0 Å². The van der Waals surface area contributed by atoms with Crippen LogP contribution in [-0.2, 0) is 21.2 Å². The summed E-state index contributed by atoms with van der Waals surface area (Å²) in [7, 11) is -1.99. The number of benzene rings is 2. The predicted molar refractivity (Wildman–Crippen MR) is 103 cm³/mol. The maximum Gasteiger partial charge on any atom is 0.232 e. The number of ether oxygens (including phenoxy) is 1. The largest absolute Gasteiger partial charge is 0.497 e. The molecule has 2 aromatic rings. The first-order chi connectivity index (χ1) is 12.8. The summed E-state index contributed by atoms with van der Waals surface area (Å²) in [4.78, 5) is 12.1. The number of carbonyl (C=O) groups is 1. The minimum atomic E-state index is -3.58. The van der Waals surface area contributed by atoms with Gasteiger partial charge in [-0.2, -0.15) is 0 Å². The van der Waals surface area contributed by atoms with Crippen molar-refractivity contribution in [1.29, 1.82) is 0 Å². The second-order valence-electron chi connectivity index (χ2n) is 6.01. The van der Waals surface area contributed by atoms with Crippen LogP contribution < -0.4 is 14.4 Å². The molecular formula is C19H23FN2O4S. The van der Waals surface area contributed by atoms with Gasteiger partial charge in [0.15, 0.2) is 0 Å². The monoisotopic (exact) mass is 394 g/mol. The lowest BCUT2D eigenvalue weighted by Crippen LogP contribution is -2.35. The van der Waals surface area contributed by atoms with Crippen molar-refractivity contribution in [2.45, 2.75) is 12.8 Å². The summed E-state index contributed by atoms with van der Waals surface area (Å²) in [6.45, 7) is 0.414. The highest BCUT2D eigenvalue weighted by molar-refractivity contribution is 7.92. The number of methoxy groups -OCH3 is 1. The number of rotatable bonds is 9.